The maximum absolute atomic E-state index is 13.0. The first kappa shape index (κ1) is 16.7. The minimum absolute atomic E-state index is 0.0110. The highest BCUT2D eigenvalue weighted by atomic mass is 19.1. The fraction of sp³-hybridized carbons (Fsp3) is 0.227. The van der Waals surface area contributed by atoms with Gasteiger partial charge in [0.05, 0.1) is 6.10 Å². The number of carbonyl (C=O) groups excluding carboxylic acids is 1. The maximum Gasteiger partial charge on any atom is 0.253 e. The molecule has 0 spiro atoms. The van der Waals surface area contributed by atoms with Crippen LogP contribution in [-0.2, 0) is 0 Å². The van der Waals surface area contributed by atoms with Gasteiger partial charge in [0.2, 0.25) is 0 Å². The standard InChI is InChI=1S/C22H20FNO2/c23-19-9-7-16(8-10-19)22(26)24-12-11-20(21(25)14-24)18-6-5-15-3-1-2-4-17(15)13-18/h1-10,13,20-21,25H,11-12,14H2/t20-,21+/m0/s1. The van der Waals surface area contributed by atoms with Crippen LogP contribution < -0.4 is 0 Å². The molecule has 2 atom stereocenters. The van der Waals surface area contributed by atoms with Crippen molar-refractivity contribution in [2.75, 3.05) is 13.1 Å². The third-order valence-corrected chi connectivity index (χ3v) is 5.16. The first-order valence-electron chi connectivity index (χ1n) is 8.83. The van der Waals surface area contributed by atoms with Gasteiger partial charge in [-0.2, -0.15) is 0 Å². The molecule has 1 fully saturated rings. The molecule has 0 saturated carbocycles. The Bertz CT molecular complexity index is 938. The third kappa shape index (κ3) is 3.20. The van der Waals surface area contributed by atoms with Crippen LogP contribution in [0.2, 0.25) is 0 Å². The molecule has 0 aromatic heterocycles. The van der Waals surface area contributed by atoms with Crippen LogP contribution >= 0.6 is 0 Å². The Labute approximate surface area is 151 Å². The summed E-state index contributed by atoms with van der Waals surface area (Å²) < 4.78 is 13.0. The lowest BCUT2D eigenvalue weighted by molar-refractivity contribution is 0.0382. The van der Waals surface area contributed by atoms with E-state index in [0.29, 0.717) is 18.5 Å². The minimum atomic E-state index is -0.616. The molecule has 4 rings (SSSR count). The van der Waals surface area contributed by atoms with Gasteiger partial charge in [0, 0.05) is 24.6 Å². The van der Waals surface area contributed by atoms with Crippen molar-refractivity contribution >= 4 is 16.7 Å². The van der Waals surface area contributed by atoms with Gasteiger partial charge in [-0.05, 0) is 47.0 Å². The number of aliphatic hydroxyl groups excluding tert-OH is 1. The van der Waals surface area contributed by atoms with E-state index in [0.717, 1.165) is 10.9 Å². The van der Waals surface area contributed by atoms with Crippen molar-refractivity contribution in [3.05, 3.63) is 83.7 Å². The maximum atomic E-state index is 13.0. The Balaban J connectivity index is 1.50. The van der Waals surface area contributed by atoms with Gasteiger partial charge in [-0.15, -0.1) is 0 Å². The summed E-state index contributed by atoms with van der Waals surface area (Å²) >= 11 is 0. The van der Waals surface area contributed by atoms with Crippen LogP contribution in [0.25, 0.3) is 10.8 Å². The number of fused-ring (bicyclic) bond motifs is 1. The van der Waals surface area contributed by atoms with Gasteiger partial charge in [0.25, 0.3) is 5.91 Å². The van der Waals surface area contributed by atoms with E-state index in [4.69, 9.17) is 0 Å². The van der Waals surface area contributed by atoms with Crippen molar-refractivity contribution in [3.63, 3.8) is 0 Å². The Morgan fingerprint density at radius 3 is 2.46 bits per heavy atom. The number of benzene rings is 3. The Kier molecular flexibility index (Phi) is 4.43. The number of aliphatic hydroxyl groups is 1. The second-order valence-corrected chi connectivity index (χ2v) is 6.83. The largest absolute Gasteiger partial charge is 0.391 e. The number of halogens is 1. The normalized spacial score (nSPS) is 20.3. The summed E-state index contributed by atoms with van der Waals surface area (Å²) in [7, 11) is 0. The minimum Gasteiger partial charge on any atom is -0.391 e. The fourth-order valence-electron chi connectivity index (χ4n) is 3.72. The summed E-state index contributed by atoms with van der Waals surface area (Å²) in [5.41, 5.74) is 1.55. The number of carbonyl (C=O) groups is 1. The number of hydrogen-bond donors (Lipinski definition) is 1. The van der Waals surface area contributed by atoms with Crippen molar-refractivity contribution in [1.29, 1.82) is 0 Å². The van der Waals surface area contributed by atoms with E-state index in [2.05, 4.69) is 30.3 Å². The summed E-state index contributed by atoms with van der Waals surface area (Å²) in [6.07, 6.45) is 0.0845. The molecule has 1 N–H and O–H groups in total. The molecule has 1 amide bonds. The summed E-state index contributed by atoms with van der Waals surface area (Å²) in [6, 6.07) is 20.0. The van der Waals surface area contributed by atoms with Gasteiger partial charge in [-0.1, -0.05) is 42.5 Å². The lowest BCUT2D eigenvalue weighted by Gasteiger charge is -2.36. The summed E-state index contributed by atoms with van der Waals surface area (Å²) in [5.74, 6) is -0.519. The van der Waals surface area contributed by atoms with E-state index in [1.54, 1.807) is 4.90 Å². The van der Waals surface area contributed by atoms with Crippen LogP contribution in [0.5, 0.6) is 0 Å². The number of β-amino-alcohol motifs (C(OH)–C–C–N with tert-alkyl or cyclic N) is 1. The molecule has 0 bridgehead atoms. The molecule has 132 valence electrons. The Morgan fingerprint density at radius 2 is 1.73 bits per heavy atom. The highest BCUT2D eigenvalue weighted by molar-refractivity contribution is 5.94. The zero-order valence-electron chi connectivity index (χ0n) is 14.3. The molecule has 1 aliphatic rings. The van der Waals surface area contributed by atoms with Gasteiger partial charge < -0.3 is 10.0 Å². The molecule has 0 unspecified atom stereocenters. The van der Waals surface area contributed by atoms with E-state index in [1.807, 2.05) is 12.1 Å². The third-order valence-electron chi connectivity index (χ3n) is 5.16. The average molecular weight is 349 g/mol. The van der Waals surface area contributed by atoms with E-state index < -0.39 is 6.10 Å². The second-order valence-electron chi connectivity index (χ2n) is 6.83. The number of hydrogen-bond acceptors (Lipinski definition) is 2. The van der Waals surface area contributed by atoms with Crippen molar-refractivity contribution < 1.29 is 14.3 Å². The molecular formula is C22H20FNO2. The van der Waals surface area contributed by atoms with Crippen LogP contribution in [0, 0.1) is 5.82 Å². The Hall–Kier alpha value is -2.72. The molecular weight excluding hydrogens is 329 g/mol. The van der Waals surface area contributed by atoms with Gasteiger partial charge in [-0.25, -0.2) is 4.39 Å². The van der Waals surface area contributed by atoms with E-state index in [-0.39, 0.29) is 24.2 Å². The molecule has 1 aliphatic heterocycles. The number of amides is 1. The number of nitrogens with zero attached hydrogens (tertiary/aromatic N) is 1. The number of piperidine rings is 1. The summed E-state index contributed by atoms with van der Waals surface area (Å²) in [5, 5.41) is 13.0. The lowest BCUT2D eigenvalue weighted by Crippen LogP contribution is -2.45. The molecule has 0 radical (unpaired) electrons. The molecule has 3 aromatic rings. The summed E-state index contributed by atoms with van der Waals surface area (Å²) in [6.45, 7) is 0.860. The highest BCUT2D eigenvalue weighted by Crippen LogP contribution is 2.31. The predicted octanol–water partition coefficient (Wildman–Crippen LogP) is 3.97. The topological polar surface area (TPSA) is 40.5 Å². The van der Waals surface area contributed by atoms with Crippen LogP contribution in [-0.4, -0.2) is 35.1 Å². The Morgan fingerprint density at radius 1 is 1.00 bits per heavy atom. The molecule has 1 saturated heterocycles. The quantitative estimate of drug-likeness (QED) is 0.760. The van der Waals surface area contributed by atoms with Crippen molar-refractivity contribution in [1.82, 2.24) is 4.90 Å². The van der Waals surface area contributed by atoms with Gasteiger partial charge in [0.15, 0.2) is 0 Å². The highest BCUT2D eigenvalue weighted by Gasteiger charge is 2.31. The van der Waals surface area contributed by atoms with Gasteiger partial charge in [-0.3, -0.25) is 4.79 Å². The van der Waals surface area contributed by atoms with Gasteiger partial charge in [0.1, 0.15) is 5.82 Å². The molecule has 4 heteroatoms. The monoisotopic (exact) mass is 349 g/mol. The van der Waals surface area contributed by atoms with Gasteiger partial charge >= 0.3 is 0 Å². The van der Waals surface area contributed by atoms with Crippen molar-refractivity contribution in [2.24, 2.45) is 0 Å². The molecule has 3 nitrogen and oxygen atoms in total. The zero-order chi connectivity index (χ0) is 18.1. The number of rotatable bonds is 2. The predicted molar refractivity (Wildman–Crippen MR) is 99.6 cm³/mol. The second kappa shape index (κ2) is 6.89. The van der Waals surface area contributed by atoms with Crippen LogP contribution in [0.15, 0.2) is 66.7 Å². The van der Waals surface area contributed by atoms with Crippen molar-refractivity contribution in [3.8, 4) is 0 Å². The molecule has 26 heavy (non-hydrogen) atoms. The zero-order valence-corrected chi connectivity index (χ0v) is 14.3. The van der Waals surface area contributed by atoms with E-state index in [1.165, 1.54) is 29.7 Å². The van der Waals surface area contributed by atoms with Crippen LogP contribution in [0.1, 0.15) is 28.3 Å². The smallest absolute Gasteiger partial charge is 0.253 e. The lowest BCUT2D eigenvalue weighted by atomic mass is 9.86. The SMILES string of the molecule is O=C(c1ccc(F)cc1)N1CC[C@@H](c2ccc3ccccc3c2)[C@H](O)C1. The fourth-order valence-corrected chi connectivity index (χ4v) is 3.72. The molecule has 1 heterocycles. The van der Waals surface area contributed by atoms with Crippen LogP contribution in [0.3, 0.4) is 0 Å². The first-order valence-corrected chi connectivity index (χ1v) is 8.83. The van der Waals surface area contributed by atoms with Crippen LogP contribution in [0.4, 0.5) is 4.39 Å². The van der Waals surface area contributed by atoms with E-state index >= 15 is 0 Å². The average Bonchev–Trinajstić information content (AvgIpc) is 2.67. The summed E-state index contributed by atoms with van der Waals surface area (Å²) in [4.78, 5) is 14.2. The van der Waals surface area contributed by atoms with E-state index in [9.17, 15) is 14.3 Å². The molecule has 3 aromatic carbocycles. The van der Waals surface area contributed by atoms with Crippen molar-refractivity contribution in [2.45, 2.75) is 18.4 Å². The molecule has 0 aliphatic carbocycles. The first-order chi connectivity index (χ1) is 12.6. The number of likely N-dealkylation sites (tertiary alicyclic amines) is 1.